The summed E-state index contributed by atoms with van der Waals surface area (Å²) >= 11 is 0. The number of hydrogen-bond acceptors (Lipinski definition) is 4. The molecule has 0 saturated carbocycles. The lowest BCUT2D eigenvalue weighted by molar-refractivity contribution is 0.669. The van der Waals surface area contributed by atoms with Gasteiger partial charge in [0.25, 0.3) is 0 Å². The summed E-state index contributed by atoms with van der Waals surface area (Å²) in [5.74, 6) is 1.85. The molecule has 12 rings (SSSR count). The third-order valence-electron chi connectivity index (χ3n) is 11.9. The number of hydrogen-bond donors (Lipinski definition) is 0. The maximum atomic E-state index is 6.56. The number of benzene rings is 9. The normalized spacial score (nSPS) is 11.5. The standard InChI is InChI=1S/C57H36N4O/c1-4-13-39(14-5-1)55-58-56(40-15-6-2-7-16-40)60-57(59-55)45-29-32-50-49-31-28-44(35-53(49)62-54(50)36-45)38-25-23-37(24-26-38)41-17-12-18-42(33-41)43-27-30-48-47-21-10-11-22-51(47)61(52(48)34-43)46-19-8-3-9-20-46/h1-36H. The fourth-order valence-electron chi connectivity index (χ4n) is 8.77. The van der Waals surface area contributed by atoms with Crippen LogP contribution in [0.25, 0.3) is 117 Å². The van der Waals surface area contributed by atoms with Crippen LogP contribution in [-0.4, -0.2) is 19.5 Å². The number of rotatable bonds is 7. The van der Waals surface area contributed by atoms with Crippen LogP contribution in [0.15, 0.2) is 223 Å². The van der Waals surface area contributed by atoms with Crippen molar-refractivity contribution < 1.29 is 4.42 Å². The Balaban J connectivity index is 0.851. The van der Waals surface area contributed by atoms with Crippen molar-refractivity contribution in [3.8, 4) is 73.2 Å². The molecular formula is C57H36N4O. The highest BCUT2D eigenvalue weighted by Crippen LogP contribution is 2.38. The van der Waals surface area contributed by atoms with E-state index in [1.807, 2.05) is 66.7 Å². The van der Waals surface area contributed by atoms with Gasteiger partial charge in [-0.3, -0.25) is 0 Å². The molecular weight excluding hydrogens is 757 g/mol. The summed E-state index contributed by atoms with van der Waals surface area (Å²) in [5, 5.41) is 4.62. The topological polar surface area (TPSA) is 56.7 Å². The highest BCUT2D eigenvalue weighted by atomic mass is 16.3. The quantitative estimate of drug-likeness (QED) is 0.161. The van der Waals surface area contributed by atoms with E-state index in [9.17, 15) is 0 Å². The lowest BCUT2D eigenvalue weighted by Gasteiger charge is -2.10. The summed E-state index contributed by atoms with van der Waals surface area (Å²) in [6.07, 6.45) is 0. The molecule has 0 spiro atoms. The molecule has 0 aliphatic carbocycles. The molecule has 5 heteroatoms. The molecule has 3 aromatic heterocycles. The molecule has 0 saturated heterocycles. The first-order chi connectivity index (χ1) is 30.7. The van der Waals surface area contributed by atoms with Gasteiger partial charge in [-0.15, -0.1) is 0 Å². The van der Waals surface area contributed by atoms with Crippen molar-refractivity contribution in [1.29, 1.82) is 0 Å². The first-order valence-electron chi connectivity index (χ1n) is 20.8. The fourth-order valence-corrected chi connectivity index (χ4v) is 8.77. The maximum absolute atomic E-state index is 6.56. The Hall–Kier alpha value is -8.41. The maximum Gasteiger partial charge on any atom is 0.164 e. The van der Waals surface area contributed by atoms with E-state index in [4.69, 9.17) is 19.4 Å². The Bertz CT molecular complexity index is 3550. The predicted octanol–water partition coefficient (Wildman–Crippen LogP) is 14.9. The molecule has 0 atom stereocenters. The molecule has 0 unspecified atom stereocenters. The molecule has 0 aliphatic rings. The van der Waals surface area contributed by atoms with Gasteiger partial charge in [0.1, 0.15) is 11.2 Å². The van der Waals surface area contributed by atoms with Crippen LogP contribution in [0, 0.1) is 0 Å². The molecule has 62 heavy (non-hydrogen) atoms. The van der Waals surface area contributed by atoms with E-state index in [0.29, 0.717) is 17.5 Å². The summed E-state index contributed by atoms with van der Waals surface area (Å²) in [7, 11) is 0. The van der Waals surface area contributed by atoms with Gasteiger partial charge in [0, 0.05) is 43.9 Å². The monoisotopic (exact) mass is 792 g/mol. The molecule has 0 bridgehead atoms. The Labute approximate surface area is 357 Å². The Morgan fingerprint density at radius 3 is 1.32 bits per heavy atom. The fraction of sp³-hybridized carbons (Fsp3) is 0. The van der Waals surface area contributed by atoms with Gasteiger partial charge in [0.2, 0.25) is 0 Å². The first-order valence-corrected chi connectivity index (χ1v) is 20.8. The van der Waals surface area contributed by atoms with Crippen LogP contribution >= 0.6 is 0 Å². The van der Waals surface area contributed by atoms with Gasteiger partial charge < -0.3 is 8.98 Å². The summed E-state index contributed by atoms with van der Waals surface area (Å²) in [4.78, 5) is 14.7. The molecule has 0 fully saturated rings. The predicted molar refractivity (Wildman–Crippen MR) is 254 cm³/mol. The van der Waals surface area contributed by atoms with Gasteiger partial charge in [-0.05, 0) is 88.0 Å². The van der Waals surface area contributed by atoms with Crippen molar-refractivity contribution in [2.45, 2.75) is 0 Å². The van der Waals surface area contributed by atoms with E-state index in [1.165, 1.54) is 38.5 Å². The summed E-state index contributed by atoms with van der Waals surface area (Å²) in [6.45, 7) is 0. The molecule has 290 valence electrons. The van der Waals surface area contributed by atoms with Gasteiger partial charge in [-0.1, -0.05) is 164 Å². The zero-order chi connectivity index (χ0) is 41.0. The smallest absolute Gasteiger partial charge is 0.164 e. The van der Waals surface area contributed by atoms with Crippen LogP contribution < -0.4 is 0 Å². The van der Waals surface area contributed by atoms with Crippen molar-refractivity contribution in [2.24, 2.45) is 0 Å². The molecule has 0 amide bonds. The Kier molecular flexibility index (Phi) is 8.42. The summed E-state index contributed by atoms with van der Waals surface area (Å²) < 4.78 is 8.93. The highest BCUT2D eigenvalue weighted by molar-refractivity contribution is 6.10. The van der Waals surface area contributed by atoms with Crippen LogP contribution in [0.4, 0.5) is 0 Å². The van der Waals surface area contributed by atoms with E-state index < -0.39 is 0 Å². The van der Waals surface area contributed by atoms with Crippen LogP contribution in [0.3, 0.4) is 0 Å². The largest absolute Gasteiger partial charge is 0.456 e. The van der Waals surface area contributed by atoms with Crippen LogP contribution in [0.5, 0.6) is 0 Å². The Morgan fingerprint density at radius 1 is 0.274 bits per heavy atom. The minimum absolute atomic E-state index is 0.597. The second-order valence-electron chi connectivity index (χ2n) is 15.6. The molecule has 12 aromatic rings. The molecule has 0 N–H and O–H groups in total. The van der Waals surface area contributed by atoms with Crippen LogP contribution in [0.2, 0.25) is 0 Å². The average Bonchev–Trinajstić information content (AvgIpc) is 3.89. The third kappa shape index (κ3) is 6.23. The van der Waals surface area contributed by atoms with Crippen molar-refractivity contribution in [1.82, 2.24) is 19.5 Å². The Morgan fingerprint density at radius 2 is 0.694 bits per heavy atom. The zero-order valence-electron chi connectivity index (χ0n) is 33.5. The molecule has 5 nitrogen and oxygen atoms in total. The lowest BCUT2D eigenvalue weighted by atomic mass is 9.96. The zero-order valence-corrected chi connectivity index (χ0v) is 33.5. The molecule has 0 radical (unpaired) electrons. The van der Waals surface area contributed by atoms with Crippen LogP contribution in [0.1, 0.15) is 0 Å². The second-order valence-corrected chi connectivity index (χ2v) is 15.6. The number of nitrogens with zero attached hydrogens (tertiary/aromatic N) is 4. The minimum Gasteiger partial charge on any atom is -0.456 e. The summed E-state index contributed by atoms with van der Waals surface area (Å²) in [6, 6.07) is 76.5. The van der Waals surface area contributed by atoms with Gasteiger partial charge >= 0.3 is 0 Å². The first kappa shape index (κ1) is 35.5. The second kappa shape index (κ2) is 14.7. The molecule has 3 heterocycles. The van der Waals surface area contributed by atoms with Crippen molar-refractivity contribution >= 4 is 43.7 Å². The van der Waals surface area contributed by atoms with E-state index in [1.54, 1.807) is 0 Å². The van der Waals surface area contributed by atoms with Gasteiger partial charge in [-0.2, -0.15) is 0 Å². The van der Waals surface area contributed by atoms with Gasteiger partial charge in [0.05, 0.1) is 11.0 Å². The number of fused-ring (bicyclic) bond motifs is 6. The van der Waals surface area contributed by atoms with Crippen molar-refractivity contribution in [2.75, 3.05) is 0 Å². The number of para-hydroxylation sites is 2. The van der Waals surface area contributed by atoms with E-state index >= 15 is 0 Å². The third-order valence-corrected chi connectivity index (χ3v) is 11.9. The lowest BCUT2D eigenvalue weighted by Crippen LogP contribution is -2.00. The van der Waals surface area contributed by atoms with Crippen molar-refractivity contribution in [3.63, 3.8) is 0 Å². The van der Waals surface area contributed by atoms with E-state index in [2.05, 4.69) is 156 Å². The minimum atomic E-state index is 0.597. The van der Waals surface area contributed by atoms with Crippen LogP contribution in [-0.2, 0) is 0 Å². The molecule has 0 aliphatic heterocycles. The van der Waals surface area contributed by atoms with Crippen molar-refractivity contribution in [3.05, 3.63) is 218 Å². The SMILES string of the molecule is c1ccc(-c2nc(-c3ccccc3)nc(-c3ccc4c(c3)oc3cc(-c5ccc(-c6cccc(-c7ccc8c9ccccc9n(-c9ccccc9)c8c7)c6)cc5)ccc34)n2)cc1. The van der Waals surface area contributed by atoms with E-state index in [0.717, 1.165) is 61.0 Å². The summed E-state index contributed by atoms with van der Waals surface area (Å²) in [5.41, 5.74) is 14.8. The number of furan rings is 1. The average molecular weight is 793 g/mol. The van der Waals surface area contributed by atoms with Gasteiger partial charge in [0.15, 0.2) is 17.5 Å². The van der Waals surface area contributed by atoms with E-state index in [-0.39, 0.29) is 0 Å². The molecule has 9 aromatic carbocycles. The number of aromatic nitrogens is 4. The highest BCUT2D eigenvalue weighted by Gasteiger charge is 2.16. The van der Waals surface area contributed by atoms with Gasteiger partial charge in [-0.25, -0.2) is 15.0 Å².